The number of aldehydes is 1. The smallest absolute Gasteiger partial charge is 0.302 e. The van der Waals surface area contributed by atoms with E-state index in [-0.39, 0.29) is 12.6 Å². The van der Waals surface area contributed by atoms with Crippen molar-refractivity contribution in [2.24, 2.45) is 0 Å². The first-order valence-corrected chi connectivity index (χ1v) is 3.17. The minimum Gasteiger partial charge on any atom is -0.462 e. The summed E-state index contributed by atoms with van der Waals surface area (Å²) in [4.78, 5) is 19.9. The van der Waals surface area contributed by atoms with Gasteiger partial charge in [0.25, 0.3) is 0 Å². The number of esters is 1. The normalized spacial score (nSPS) is 10.6. The molecule has 0 amide bonds. The van der Waals surface area contributed by atoms with Crippen LogP contribution in [0.15, 0.2) is 24.3 Å². The Morgan fingerprint density at radius 2 is 2.09 bits per heavy atom. The monoisotopic (exact) mass is 154 g/mol. The molecule has 0 atom stereocenters. The summed E-state index contributed by atoms with van der Waals surface area (Å²) < 4.78 is 4.57. The van der Waals surface area contributed by atoms with Crippen LogP contribution in [0.5, 0.6) is 0 Å². The van der Waals surface area contributed by atoms with Crippen LogP contribution in [0, 0.1) is 0 Å². The molecule has 0 N–H and O–H groups in total. The number of hydrogen-bond acceptors (Lipinski definition) is 3. The van der Waals surface area contributed by atoms with Crippen LogP contribution in [0.25, 0.3) is 0 Å². The lowest BCUT2D eigenvalue weighted by molar-refractivity contribution is -0.139. The zero-order valence-corrected chi connectivity index (χ0v) is 6.32. The molecule has 0 aliphatic carbocycles. The van der Waals surface area contributed by atoms with Crippen molar-refractivity contribution in [1.29, 1.82) is 0 Å². The molecule has 0 unspecified atom stereocenters. The topological polar surface area (TPSA) is 43.4 Å². The van der Waals surface area contributed by atoms with E-state index in [0.29, 0.717) is 6.29 Å². The molecule has 0 aromatic rings. The fourth-order valence-corrected chi connectivity index (χ4v) is 0.409. The second-order valence-electron chi connectivity index (χ2n) is 1.75. The molecule has 0 heterocycles. The van der Waals surface area contributed by atoms with Crippen LogP contribution < -0.4 is 0 Å². The fraction of sp³-hybridized carbons (Fsp3) is 0.250. The molecule has 0 spiro atoms. The third kappa shape index (κ3) is 8.62. The van der Waals surface area contributed by atoms with Gasteiger partial charge in [0.2, 0.25) is 0 Å². The molecule has 11 heavy (non-hydrogen) atoms. The lowest BCUT2D eigenvalue weighted by atomic mass is 10.4. The standard InChI is InChI=1S/C8H10O3/c1-8(10)11-7-5-3-2-4-6-9/h2-6H,7H2,1H3. The second kappa shape index (κ2) is 6.74. The van der Waals surface area contributed by atoms with E-state index >= 15 is 0 Å². The first kappa shape index (κ1) is 9.62. The zero-order chi connectivity index (χ0) is 8.53. The van der Waals surface area contributed by atoms with Crippen molar-refractivity contribution < 1.29 is 14.3 Å². The maximum atomic E-state index is 10.2. The van der Waals surface area contributed by atoms with Crippen LogP contribution in [0.2, 0.25) is 0 Å². The van der Waals surface area contributed by atoms with Gasteiger partial charge in [-0.2, -0.15) is 0 Å². The summed E-state index contributed by atoms with van der Waals surface area (Å²) in [5.41, 5.74) is 0. The Balaban J connectivity index is 3.37. The van der Waals surface area contributed by atoms with Gasteiger partial charge in [0.05, 0.1) is 0 Å². The van der Waals surface area contributed by atoms with E-state index in [4.69, 9.17) is 0 Å². The van der Waals surface area contributed by atoms with Crippen LogP contribution in [0.1, 0.15) is 6.92 Å². The van der Waals surface area contributed by atoms with E-state index in [0.717, 1.165) is 0 Å². The quantitative estimate of drug-likeness (QED) is 0.261. The summed E-state index contributed by atoms with van der Waals surface area (Å²) in [6.07, 6.45) is 6.87. The minimum atomic E-state index is -0.311. The number of carbonyl (C=O) groups excluding carboxylic acids is 2. The molecule has 0 saturated heterocycles. The van der Waals surface area contributed by atoms with Gasteiger partial charge in [0.15, 0.2) is 0 Å². The minimum absolute atomic E-state index is 0.249. The Morgan fingerprint density at radius 3 is 2.64 bits per heavy atom. The average Bonchev–Trinajstić information content (AvgIpc) is 1.96. The van der Waals surface area contributed by atoms with E-state index in [1.807, 2.05) is 0 Å². The highest BCUT2D eigenvalue weighted by atomic mass is 16.5. The summed E-state index contributed by atoms with van der Waals surface area (Å²) >= 11 is 0. The van der Waals surface area contributed by atoms with Gasteiger partial charge in [-0.1, -0.05) is 12.2 Å². The van der Waals surface area contributed by atoms with Gasteiger partial charge < -0.3 is 4.74 Å². The van der Waals surface area contributed by atoms with Crippen LogP contribution >= 0.6 is 0 Å². The molecule has 0 aromatic heterocycles. The van der Waals surface area contributed by atoms with Gasteiger partial charge in [-0.25, -0.2) is 0 Å². The van der Waals surface area contributed by atoms with Crippen molar-refractivity contribution in [3.05, 3.63) is 24.3 Å². The molecule has 0 bridgehead atoms. The molecule has 0 aliphatic rings. The molecule has 3 heteroatoms. The SMILES string of the molecule is CC(=O)OCC=CC=CC=O. The van der Waals surface area contributed by atoms with E-state index < -0.39 is 0 Å². The molecule has 0 saturated carbocycles. The maximum absolute atomic E-state index is 10.2. The van der Waals surface area contributed by atoms with Gasteiger partial charge in [0.1, 0.15) is 12.9 Å². The highest BCUT2D eigenvalue weighted by Crippen LogP contribution is 1.79. The maximum Gasteiger partial charge on any atom is 0.302 e. The lowest BCUT2D eigenvalue weighted by Gasteiger charge is -1.92. The second-order valence-corrected chi connectivity index (χ2v) is 1.75. The summed E-state index contributed by atoms with van der Waals surface area (Å²) in [5, 5.41) is 0. The molecule has 0 rings (SSSR count). The number of ether oxygens (including phenoxy) is 1. The van der Waals surface area contributed by atoms with E-state index in [1.54, 1.807) is 18.2 Å². The van der Waals surface area contributed by atoms with Crippen molar-refractivity contribution in [3.8, 4) is 0 Å². The van der Waals surface area contributed by atoms with Crippen molar-refractivity contribution in [2.45, 2.75) is 6.92 Å². The summed E-state index contributed by atoms with van der Waals surface area (Å²) in [5.74, 6) is -0.311. The van der Waals surface area contributed by atoms with Crippen molar-refractivity contribution in [2.75, 3.05) is 6.61 Å². The van der Waals surface area contributed by atoms with Gasteiger partial charge in [-0.3, -0.25) is 9.59 Å². The third-order valence-corrected chi connectivity index (χ3v) is 0.820. The van der Waals surface area contributed by atoms with E-state index in [2.05, 4.69) is 4.74 Å². The van der Waals surface area contributed by atoms with Crippen LogP contribution in [-0.2, 0) is 14.3 Å². The zero-order valence-electron chi connectivity index (χ0n) is 6.32. The molecule has 0 aromatic carbocycles. The molecular formula is C8H10O3. The molecule has 0 radical (unpaired) electrons. The lowest BCUT2D eigenvalue weighted by Crippen LogP contribution is -1.96. The van der Waals surface area contributed by atoms with Crippen molar-refractivity contribution in [3.63, 3.8) is 0 Å². The Kier molecular flexibility index (Phi) is 5.89. The van der Waals surface area contributed by atoms with E-state index in [1.165, 1.54) is 13.0 Å². The average molecular weight is 154 g/mol. The number of hydrogen-bond donors (Lipinski definition) is 0. The van der Waals surface area contributed by atoms with Crippen molar-refractivity contribution >= 4 is 12.3 Å². The summed E-state index contributed by atoms with van der Waals surface area (Å²) in [6, 6.07) is 0. The van der Waals surface area contributed by atoms with Crippen LogP contribution in [-0.4, -0.2) is 18.9 Å². The Morgan fingerprint density at radius 1 is 1.36 bits per heavy atom. The molecule has 0 fully saturated rings. The number of allylic oxidation sites excluding steroid dienone is 3. The Labute approximate surface area is 65.4 Å². The summed E-state index contributed by atoms with van der Waals surface area (Å²) in [6.45, 7) is 1.59. The molecular weight excluding hydrogens is 144 g/mol. The first-order valence-electron chi connectivity index (χ1n) is 3.17. The van der Waals surface area contributed by atoms with Gasteiger partial charge in [-0.15, -0.1) is 0 Å². The largest absolute Gasteiger partial charge is 0.462 e. The van der Waals surface area contributed by atoms with Crippen LogP contribution in [0.3, 0.4) is 0 Å². The van der Waals surface area contributed by atoms with Gasteiger partial charge in [0, 0.05) is 6.92 Å². The molecule has 3 nitrogen and oxygen atoms in total. The fourth-order valence-electron chi connectivity index (χ4n) is 0.409. The summed E-state index contributed by atoms with van der Waals surface area (Å²) in [7, 11) is 0. The van der Waals surface area contributed by atoms with Crippen LogP contribution in [0.4, 0.5) is 0 Å². The Hall–Kier alpha value is -1.38. The van der Waals surface area contributed by atoms with E-state index in [9.17, 15) is 9.59 Å². The third-order valence-electron chi connectivity index (χ3n) is 0.820. The van der Waals surface area contributed by atoms with Crippen molar-refractivity contribution in [1.82, 2.24) is 0 Å². The van der Waals surface area contributed by atoms with Gasteiger partial charge >= 0.3 is 5.97 Å². The predicted octanol–water partition coefficient (Wildman–Crippen LogP) is 0.861. The highest BCUT2D eigenvalue weighted by Gasteiger charge is 1.84. The molecule has 60 valence electrons. The highest BCUT2D eigenvalue weighted by molar-refractivity contribution is 5.66. The van der Waals surface area contributed by atoms with Gasteiger partial charge in [-0.05, 0) is 12.2 Å². The first-order chi connectivity index (χ1) is 5.27. The Bertz CT molecular complexity index is 180. The molecule has 0 aliphatic heterocycles. The number of rotatable bonds is 4. The predicted molar refractivity (Wildman–Crippen MR) is 41.0 cm³/mol. The number of carbonyl (C=O) groups is 2.